The van der Waals surface area contributed by atoms with Crippen LogP contribution in [-0.2, 0) is 0 Å². The summed E-state index contributed by atoms with van der Waals surface area (Å²) in [5.41, 5.74) is 0.689. The van der Waals surface area contributed by atoms with Crippen LogP contribution in [0.3, 0.4) is 0 Å². The second-order valence-electron chi connectivity index (χ2n) is 5.18. The largest absolute Gasteiger partial charge is 0.384 e. The van der Waals surface area contributed by atoms with Gasteiger partial charge in [0.25, 0.3) is 0 Å². The van der Waals surface area contributed by atoms with Crippen molar-refractivity contribution < 1.29 is 4.39 Å². The summed E-state index contributed by atoms with van der Waals surface area (Å²) in [4.78, 5) is 0. The van der Waals surface area contributed by atoms with Crippen LogP contribution in [0.5, 0.6) is 0 Å². The Kier molecular flexibility index (Phi) is 5.33. The van der Waals surface area contributed by atoms with Crippen LogP contribution in [0.15, 0.2) is 18.2 Å². The van der Waals surface area contributed by atoms with Crippen molar-refractivity contribution in [3.63, 3.8) is 0 Å². The van der Waals surface area contributed by atoms with Gasteiger partial charge < -0.3 is 5.32 Å². The van der Waals surface area contributed by atoms with E-state index in [-0.39, 0.29) is 5.41 Å². The van der Waals surface area contributed by atoms with Crippen LogP contribution in [0.1, 0.15) is 38.7 Å². The molecule has 3 nitrogen and oxygen atoms in total. The molecule has 100 valence electrons. The molecule has 0 aliphatic carbocycles. The van der Waals surface area contributed by atoms with E-state index in [2.05, 4.69) is 11.4 Å². The van der Waals surface area contributed by atoms with Crippen LogP contribution >= 0.6 is 0 Å². The average Bonchev–Trinajstić information content (AvgIpc) is 2.39. The molecule has 0 unspecified atom stereocenters. The maximum atomic E-state index is 12.9. The molecule has 4 heteroatoms. The van der Waals surface area contributed by atoms with Crippen LogP contribution in [0.4, 0.5) is 10.1 Å². The lowest BCUT2D eigenvalue weighted by Gasteiger charge is -2.14. The van der Waals surface area contributed by atoms with Crippen LogP contribution in [0.2, 0.25) is 0 Å². The van der Waals surface area contributed by atoms with E-state index in [0.717, 1.165) is 19.3 Å². The standard InChI is InChI=1S/C15H18FN3/c1-15(2,11-18)7-3-4-8-19-14-6-5-13(16)9-12(14)10-17/h5-6,9,19H,3-4,7-8H2,1-2H3. The maximum Gasteiger partial charge on any atom is 0.124 e. The molecule has 1 aromatic carbocycles. The van der Waals surface area contributed by atoms with Gasteiger partial charge in [-0.05, 0) is 44.9 Å². The van der Waals surface area contributed by atoms with Crippen molar-refractivity contribution in [2.45, 2.75) is 33.1 Å². The lowest BCUT2D eigenvalue weighted by Crippen LogP contribution is -2.09. The van der Waals surface area contributed by atoms with Gasteiger partial charge in [-0.3, -0.25) is 0 Å². The van der Waals surface area contributed by atoms with Gasteiger partial charge in [-0.1, -0.05) is 6.42 Å². The smallest absolute Gasteiger partial charge is 0.124 e. The maximum absolute atomic E-state index is 12.9. The summed E-state index contributed by atoms with van der Waals surface area (Å²) < 4.78 is 12.9. The van der Waals surface area contributed by atoms with Gasteiger partial charge in [-0.25, -0.2) is 4.39 Å². The molecule has 0 aliphatic heterocycles. The van der Waals surface area contributed by atoms with E-state index in [1.165, 1.54) is 12.1 Å². The molecule has 0 spiro atoms. The third-order valence-corrected chi connectivity index (χ3v) is 2.95. The van der Waals surface area contributed by atoms with E-state index in [0.29, 0.717) is 17.8 Å². The highest BCUT2D eigenvalue weighted by Crippen LogP contribution is 2.22. The number of benzene rings is 1. The minimum Gasteiger partial charge on any atom is -0.384 e. The van der Waals surface area contributed by atoms with Gasteiger partial charge in [0.15, 0.2) is 0 Å². The lowest BCUT2D eigenvalue weighted by molar-refractivity contribution is 0.430. The summed E-state index contributed by atoms with van der Waals surface area (Å²) in [7, 11) is 0. The van der Waals surface area contributed by atoms with E-state index in [1.54, 1.807) is 6.07 Å². The second kappa shape index (κ2) is 6.75. The predicted octanol–water partition coefficient (Wildman–Crippen LogP) is 3.83. The SMILES string of the molecule is CC(C)(C#N)CCCCNc1ccc(F)cc1C#N. The highest BCUT2D eigenvalue weighted by Gasteiger charge is 2.15. The van der Waals surface area contributed by atoms with Gasteiger partial charge in [0.2, 0.25) is 0 Å². The zero-order chi connectivity index (χ0) is 14.3. The van der Waals surface area contributed by atoms with Crippen molar-refractivity contribution in [1.29, 1.82) is 10.5 Å². The third-order valence-electron chi connectivity index (χ3n) is 2.95. The number of nitrogens with zero attached hydrogens (tertiary/aromatic N) is 2. The van der Waals surface area contributed by atoms with Crippen LogP contribution < -0.4 is 5.32 Å². The number of rotatable bonds is 6. The molecule has 0 saturated heterocycles. The van der Waals surface area contributed by atoms with Gasteiger partial charge in [-0.2, -0.15) is 10.5 Å². The molecule has 1 N–H and O–H groups in total. The van der Waals surface area contributed by atoms with E-state index < -0.39 is 5.82 Å². The molecule has 0 bridgehead atoms. The molecular weight excluding hydrogens is 241 g/mol. The Morgan fingerprint density at radius 3 is 2.63 bits per heavy atom. The van der Waals surface area contributed by atoms with Gasteiger partial charge in [-0.15, -0.1) is 0 Å². The Balaban J connectivity index is 2.39. The minimum atomic E-state index is -0.405. The monoisotopic (exact) mass is 259 g/mol. The number of hydrogen-bond acceptors (Lipinski definition) is 3. The van der Waals surface area contributed by atoms with Gasteiger partial charge in [0.05, 0.1) is 22.7 Å². The van der Waals surface area contributed by atoms with Crippen molar-refractivity contribution >= 4 is 5.69 Å². The summed E-state index contributed by atoms with van der Waals surface area (Å²) in [5.74, 6) is -0.405. The van der Waals surface area contributed by atoms with Gasteiger partial charge >= 0.3 is 0 Å². The Labute approximate surface area is 113 Å². The summed E-state index contributed by atoms with van der Waals surface area (Å²) in [6, 6.07) is 8.37. The normalized spacial score (nSPS) is 10.6. The first kappa shape index (κ1) is 15.0. The van der Waals surface area contributed by atoms with Crippen molar-refractivity contribution in [3.05, 3.63) is 29.6 Å². The topological polar surface area (TPSA) is 59.6 Å². The average molecular weight is 259 g/mol. The molecule has 0 amide bonds. The second-order valence-corrected chi connectivity index (χ2v) is 5.18. The highest BCUT2D eigenvalue weighted by atomic mass is 19.1. The number of halogens is 1. The van der Waals surface area contributed by atoms with Gasteiger partial charge in [0.1, 0.15) is 11.9 Å². The molecular formula is C15H18FN3. The number of nitrogens with one attached hydrogen (secondary N) is 1. The quantitative estimate of drug-likeness (QED) is 0.790. The van der Waals surface area contributed by atoms with Crippen LogP contribution in [-0.4, -0.2) is 6.54 Å². The fourth-order valence-corrected chi connectivity index (χ4v) is 1.73. The minimum absolute atomic E-state index is 0.284. The Morgan fingerprint density at radius 1 is 1.26 bits per heavy atom. The highest BCUT2D eigenvalue weighted by molar-refractivity contribution is 5.57. The first-order valence-corrected chi connectivity index (χ1v) is 6.33. The van der Waals surface area contributed by atoms with E-state index in [4.69, 9.17) is 10.5 Å². The number of hydrogen-bond donors (Lipinski definition) is 1. The van der Waals surface area contributed by atoms with E-state index >= 15 is 0 Å². The zero-order valence-corrected chi connectivity index (χ0v) is 11.3. The van der Waals surface area contributed by atoms with Crippen molar-refractivity contribution in [2.75, 3.05) is 11.9 Å². The van der Waals surface area contributed by atoms with Gasteiger partial charge in [0, 0.05) is 6.54 Å². The Bertz CT molecular complexity index is 509. The summed E-state index contributed by atoms with van der Waals surface area (Å²) in [6.45, 7) is 4.56. The zero-order valence-electron chi connectivity index (χ0n) is 11.3. The number of unbranched alkanes of at least 4 members (excludes halogenated alkanes) is 1. The fraction of sp³-hybridized carbons (Fsp3) is 0.467. The molecule has 19 heavy (non-hydrogen) atoms. The number of anilines is 1. The first-order valence-electron chi connectivity index (χ1n) is 6.33. The third kappa shape index (κ3) is 4.97. The van der Waals surface area contributed by atoms with Crippen LogP contribution in [0, 0.1) is 33.9 Å². The fourth-order valence-electron chi connectivity index (χ4n) is 1.73. The predicted molar refractivity (Wildman–Crippen MR) is 72.8 cm³/mol. The lowest BCUT2D eigenvalue weighted by atomic mass is 9.89. The molecule has 1 aromatic rings. The molecule has 0 atom stereocenters. The Hall–Kier alpha value is -2.07. The van der Waals surface area contributed by atoms with Crippen LogP contribution in [0.25, 0.3) is 0 Å². The number of nitriles is 2. The Morgan fingerprint density at radius 2 is 2.00 bits per heavy atom. The summed E-state index contributed by atoms with van der Waals surface area (Å²) >= 11 is 0. The molecule has 0 aromatic heterocycles. The first-order chi connectivity index (χ1) is 8.98. The molecule has 0 heterocycles. The molecule has 0 fully saturated rings. The summed E-state index contributed by atoms with van der Waals surface area (Å²) in [5, 5.41) is 20.9. The summed E-state index contributed by atoms with van der Waals surface area (Å²) in [6.07, 6.45) is 2.70. The molecule has 0 aliphatic rings. The van der Waals surface area contributed by atoms with E-state index in [9.17, 15) is 4.39 Å². The molecule has 0 saturated carbocycles. The van der Waals surface area contributed by atoms with Crippen molar-refractivity contribution in [1.82, 2.24) is 0 Å². The molecule has 0 radical (unpaired) electrons. The molecule has 1 rings (SSSR count). The van der Waals surface area contributed by atoms with Crippen molar-refractivity contribution in [3.8, 4) is 12.1 Å². The van der Waals surface area contributed by atoms with E-state index in [1.807, 2.05) is 19.9 Å². The van der Waals surface area contributed by atoms with Crippen molar-refractivity contribution in [2.24, 2.45) is 5.41 Å².